The van der Waals surface area contributed by atoms with Gasteiger partial charge in [0.25, 0.3) is 0 Å². The van der Waals surface area contributed by atoms with Crippen molar-refractivity contribution in [3.05, 3.63) is 0 Å². The maximum atomic E-state index is 11.8. The quantitative estimate of drug-likeness (QED) is 0.612. The van der Waals surface area contributed by atoms with Gasteiger partial charge in [0.15, 0.2) is 6.17 Å². The van der Waals surface area contributed by atoms with Gasteiger partial charge in [-0.3, -0.25) is 0 Å². The van der Waals surface area contributed by atoms with E-state index in [0.717, 1.165) is 0 Å². The van der Waals surface area contributed by atoms with Gasteiger partial charge >= 0.3 is 12.5 Å². The molecule has 0 aliphatic heterocycles. The van der Waals surface area contributed by atoms with E-state index in [2.05, 4.69) is 4.74 Å². The van der Waals surface area contributed by atoms with Gasteiger partial charge in [-0.25, -0.2) is 17.6 Å². The van der Waals surface area contributed by atoms with E-state index >= 15 is 0 Å². The molecule has 0 aromatic carbocycles. The van der Waals surface area contributed by atoms with Crippen LogP contribution >= 0.6 is 0 Å². The molecule has 0 radical (unpaired) electrons. The van der Waals surface area contributed by atoms with Gasteiger partial charge in [-0.2, -0.15) is 8.78 Å². The highest BCUT2D eigenvalue weighted by atomic mass is 19.3. The molecule has 0 saturated carbocycles. The van der Waals surface area contributed by atoms with Crippen LogP contribution in [0.25, 0.3) is 0 Å². The number of rotatable bonds is 5. The molecule has 1 unspecified atom stereocenters. The molecule has 7 heteroatoms. The second-order valence-electron chi connectivity index (χ2n) is 1.93. The van der Waals surface area contributed by atoms with Crippen LogP contribution in [-0.4, -0.2) is 32.0 Å². The van der Waals surface area contributed by atoms with Crippen LogP contribution in [0.5, 0.6) is 0 Å². The van der Waals surface area contributed by atoms with E-state index in [0.29, 0.717) is 0 Å². The van der Waals surface area contributed by atoms with Gasteiger partial charge in [-0.05, 0) is 0 Å². The summed E-state index contributed by atoms with van der Waals surface area (Å²) in [7, 11) is 0. The maximum Gasteiger partial charge on any atom is 0.416 e. The summed E-state index contributed by atoms with van der Waals surface area (Å²) in [5.41, 5.74) is 0. The Morgan fingerprint density at radius 1 is 1.17 bits per heavy atom. The number of hydrogen-bond acceptors (Lipinski definition) is 1. The minimum absolute atomic E-state index is 1.38. The van der Waals surface area contributed by atoms with E-state index in [-0.39, 0.29) is 0 Å². The highest BCUT2D eigenvalue weighted by Gasteiger charge is 2.42. The molecule has 12 heavy (non-hydrogen) atoms. The largest absolute Gasteiger partial charge is 0.416 e. The second-order valence-corrected chi connectivity index (χ2v) is 1.93. The van der Waals surface area contributed by atoms with Crippen LogP contribution in [0.1, 0.15) is 0 Å². The van der Waals surface area contributed by atoms with Crippen molar-refractivity contribution in [3.8, 4) is 0 Å². The lowest BCUT2D eigenvalue weighted by Crippen LogP contribution is -2.33. The van der Waals surface area contributed by atoms with Gasteiger partial charge in [0.2, 0.25) is 0 Å². The van der Waals surface area contributed by atoms with Gasteiger partial charge in [0, 0.05) is 0 Å². The maximum absolute atomic E-state index is 11.8. The van der Waals surface area contributed by atoms with Crippen molar-refractivity contribution in [2.75, 3.05) is 13.3 Å². The molecule has 0 heterocycles. The molecule has 1 nitrogen and oxygen atoms in total. The molecule has 0 fully saturated rings. The molecular weight excluding hydrogens is 190 g/mol. The highest BCUT2D eigenvalue weighted by Crippen LogP contribution is 2.24. The van der Waals surface area contributed by atoms with E-state index in [4.69, 9.17) is 0 Å². The summed E-state index contributed by atoms with van der Waals surface area (Å²) >= 11 is 0. The third-order valence-electron chi connectivity index (χ3n) is 0.878. The molecule has 0 amide bonds. The predicted octanol–water partition coefficient (Wildman–Crippen LogP) is 2.17. The lowest BCUT2D eigenvalue weighted by Gasteiger charge is -2.15. The third-order valence-corrected chi connectivity index (χ3v) is 0.878. The van der Waals surface area contributed by atoms with Crippen molar-refractivity contribution < 1.29 is 31.1 Å². The van der Waals surface area contributed by atoms with Crippen molar-refractivity contribution in [3.63, 3.8) is 0 Å². The number of halogens is 6. The van der Waals surface area contributed by atoms with E-state index in [1.54, 1.807) is 0 Å². The molecule has 1 atom stereocenters. The summed E-state index contributed by atoms with van der Waals surface area (Å²) in [5, 5.41) is 0. The monoisotopic (exact) mass is 196 g/mol. The Morgan fingerprint density at radius 3 is 2.00 bits per heavy atom. The molecule has 74 valence electrons. The molecule has 0 aromatic heterocycles. The molecule has 0 spiro atoms. The number of alkyl halides is 6. The molecule has 0 aliphatic carbocycles. The first-order chi connectivity index (χ1) is 5.40. The molecule has 0 N–H and O–H groups in total. The Bertz CT molecular complexity index is 127. The van der Waals surface area contributed by atoms with Crippen LogP contribution in [0, 0.1) is 0 Å². The summed E-state index contributed by atoms with van der Waals surface area (Å²) in [5.74, 6) is 0. The minimum Gasteiger partial charge on any atom is -0.313 e. The first-order valence-corrected chi connectivity index (χ1v) is 2.90. The minimum atomic E-state index is -4.71. The fourth-order valence-corrected chi connectivity index (χ4v) is 0.309. The molecule has 0 rings (SSSR count). The lowest BCUT2D eigenvalue weighted by molar-refractivity contribution is -0.304. The van der Waals surface area contributed by atoms with Crippen molar-refractivity contribution in [1.29, 1.82) is 0 Å². The van der Waals surface area contributed by atoms with Crippen LogP contribution in [0.4, 0.5) is 26.3 Å². The van der Waals surface area contributed by atoms with Crippen molar-refractivity contribution in [1.82, 2.24) is 0 Å². The fraction of sp³-hybridized carbons (Fsp3) is 1.00. The van der Waals surface area contributed by atoms with Gasteiger partial charge in [-0.1, -0.05) is 0 Å². The zero-order valence-corrected chi connectivity index (χ0v) is 5.74. The smallest absolute Gasteiger partial charge is 0.313 e. The predicted molar refractivity (Wildman–Crippen MR) is 27.8 cm³/mol. The van der Waals surface area contributed by atoms with Crippen molar-refractivity contribution >= 4 is 0 Å². The first kappa shape index (κ1) is 11.5. The van der Waals surface area contributed by atoms with Gasteiger partial charge < -0.3 is 4.74 Å². The van der Waals surface area contributed by atoms with E-state index < -0.39 is 32.0 Å². The fourth-order valence-electron chi connectivity index (χ4n) is 0.309. The second kappa shape index (κ2) is 4.54. The van der Waals surface area contributed by atoms with Crippen LogP contribution in [0.15, 0.2) is 0 Å². The standard InChI is InChI=1S/C5H6F6O/c6-1-3(7)2-12-5(10,11)4(8)9/h3-4H,1-2H2. The molecule has 0 saturated heterocycles. The van der Waals surface area contributed by atoms with Crippen molar-refractivity contribution in [2.45, 2.75) is 18.7 Å². The zero-order valence-electron chi connectivity index (χ0n) is 5.74. The number of hydrogen-bond donors (Lipinski definition) is 0. The summed E-state index contributed by atoms with van der Waals surface area (Å²) in [6, 6.07) is 0. The Hall–Kier alpha value is -0.460. The van der Waals surface area contributed by atoms with Crippen LogP contribution in [-0.2, 0) is 4.74 Å². The van der Waals surface area contributed by atoms with Gasteiger partial charge in [0.05, 0.1) is 6.61 Å². The average Bonchev–Trinajstić information content (AvgIpc) is 2.00. The summed E-state index contributed by atoms with van der Waals surface area (Å²) in [6.45, 7) is -2.92. The SMILES string of the molecule is FCC(F)COC(F)(F)C(F)F. The summed E-state index contributed by atoms with van der Waals surface area (Å²) < 4.78 is 72.4. The third kappa shape index (κ3) is 3.80. The molecule has 0 bridgehead atoms. The Balaban J connectivity index is 3.75. The van der Waals surface area contributed by atoms with Crippen LogP contribution < -0.4 is 0 Å². The highest BCUT2D eigenvalue weighted by molar-refractivity contribution is 4.58. The topological polar surface area (TPSA) is 9.23 Å². The Morgan fingerprint density at radius 2 is 1.67 bits per heavy atom. The summed E-state index contributed by atoms with van der Waals surface area (Å²) in [4.78, 5) is 0. The molecule has 0 aromatic rings. The zero-order chi connectivity index (χ0) is 9.78. The van der Waals surface area contributed by atoms with Gasteiger partial charge in [-0.15, -0.1) is 0 Å². The van der Waals surface area contributed by atoms with Gasteiger partial charge in [0.1, 0.15) is 6.67 Å². The van der Waals surface area contributed by atoms with Crippen LogP contribution in [0.3, 0.4) is 0 Å². The number of ether oxygens (including phenoxy) is 1. The normalized spacial score (nSPS) is 15.2. The van der Waals surface area contributed by atoms with E-state index in [1.807, 2.05) is 0 Å². The molecular formula is C5H6F6O. The lowest BCUT2D eigenvalue weighted by atomic mass is 10.4. The molecule has 0 aliphatic rings. The first-order valence-electron chi connectivity index (χ1n) is 2.90. The Kier molecular flexibility index (Phi) is 4.36. The Labute approximate surface area is 64.3 Å². The summed E-state index contributed by atoms with van der Waals surface area (Å²) in [6.07, 6.45) is -11.0. The van der Waals surface area contributed by atoms with E-state index in [9.17, 15) is 26.3 Å². The van der Waals surface area contributed by atoms with Crippen LogP contribution in [0.2, 0.25) is 0 Å². The average molecular weight is 196 g/mol. The van der Waals surface area contributed by atoms with E-state index in [1.165, 1.54) is 0 Å². The van der Waals surface area contributed by atoms with Crippen molar-refractivity contribution in [2.24, 2.45) is 0 Å².